The maximum atomic E-state index is 12.2. The summed E-state index contributed by atoms with van der Waals surface area (Å²) in [6.07, 6.45) is 2.52. The smallest absolute Gasteiger partial charge is 0.252 e. The standard InChI is InChI=1S/C19H22N4O4/c1-5-8-23-16(24)7-6-12-11-20-19(22-18(12)23)21-13-9-14(25-2)17(27-4)15(10-13)26-3/h6-7,9-11H,5,8H2,1-4H3,(H,20,21,22). The summed E-state index contributed by atoms with van der Waals surface area (Å²) in [4.78, 5) is 21.0. The highest BCUT2D eigenvalue weighted by Crippen LogP contribution is 2.40. The molecule has 0 saturated heterocycles. The summed E-state index contributed by atoms with van der Waals surface area (Å²) in [6, 6.07) is 6.79. The zero-order valence-corrected chi connectivity index (χ0v) is 15.8. The third kappa shape index (κ3) is 3.64. The molecule has 0 radical (unpaired) electrons. The lowest BCUT2D eigenvalue weighted by molar-refractivity contribution is 0.324. The first-order chi connectivity index (χ1) is 13.1. The predicted octanol–water partition coefficient (Wildman–Crippen LogP) is 2.97. The van der Waals surface area contributed by atoms with E-state index >= 15 is 0 Å². The average molecular weight is 370 g/mol. The second-order valence-electron chi connectivity index (χ2n) is 5.83. The van der Waals surface area contributed by atoms with Crippen molar-refractivity contribution in [2.75, 3.05) is 26.6 Å². The van der Waals surface area contributed by atoms with E-state index in [1.807, 2.05) is 6.92 Å². The molecule has 8 heteroatoms. The number of hydrogen-bond acceptors (Lipinski definition) is 7. The third-order valence-electron chi connectivity index (χ3n) is 4.09. The van der Waals surface area contributed by atoms with Crippen LogP contribution >= 0.6 is 0 Å². The molecule has 2 aromatic heterocycles. The second-order valence-corrected chi connectivity index (χ2v) is 5.83. The van der Waals surface area contributed by atoms with Gasteiger partial charge in [-0.1, -0.05) is 6.92 Å². The van der Waals surface area contributed by atoms with Gasteiger partial charge in [0.1, 0.15) is 5.65 Å². The lowest BCUT2D eigenvalue weighted by atomic mass is 10.2. The molecule has 1 aromatic carbocycles. The van der Waals surface area contributed by atoms with Crippen molar-refractivity contribution >= 4 is 22.7 Å². The van der Waals surface area contributed by atoms with Gasteiger partial charge >= 0.3 is 0 Å². The monoisotopic (exact) mass is 370 g/mol. The molecule has 0 aliphatic heterocycles. The Balaban J connectivity index is 2.04. The summed E-state index contributed by atoms with van der Waals surface area (Å²) in [7, 11) is 4.65. The number of pyridine rings is 1. The molecule has 3 rings (SSSR count). The molecule has 2 heterocycles. The number of benzene rings is 1. The molecule has 0 atom stereocenters. The maximum Gasteiger partial charge on any atom is 0.252 e. The van der Waals surface area contributed by atoms with Crippen molar-refractivity contribution in [3.63, 3.8) is 0 Å². The van der Waals surface area contributed by atoms with Crippen molar-refractivity contribution < 1.29 is 14.2 Å². The molecular weight excluding hydrogens is 348 g/mol. The number of aryl methyl sites for hydroxylation is 1. The zero-order valence-electron chi connectivity index (χ0n) is 15.8. The molecule has 3 aromatic rings. The van der Waals surface area contributed by atoms with E-state index in [4.69, 9.17) is 14.2 Å². The van der Waals surface area contributed by atoms with Gasteiger partial charge in [-0.2, -0.15) is 4.98 Å². The molecule has 0 saturated carbocycles. The Morgan fingerprint density at radius 3 is 2.37 bits per heavy atom. The summed E-state index contributed by atoms with van der Waals surface area (Å²) in [5, 5.41) is 3.94. The molecule has 8 nitrogen and oxygen atoms in total. The van der Waals surface area contributed by atoms with Crippen LogP contribution in [0.3, 0.4) is 0 Å². The Bertz CT molecular complexity index is 991. The molecule has 1 N–H and O–H groups in total. The molecule has 0 aliphatic rings. The van der Waals surface area contributed by atoms with Gasteiger partial charge in [-0.3, -0.25) is 9.36 Å². The fourth-order valence-electron chi connectivity index (χ4n) is 2.85. The second kappa shape index (κ2) is 7.94. The molecule has 0 aliphatic carbocycles. The summed E-state index contributed by atoms with van der Waals surface area (Å²) >= 11 is 0. The van der Waals surface area contributed by atoms with E-state index in [2.05, 4.69) is 15.3 Å². The van der Waals surface area contributed by atoms with E-state index in [0.29, 0.717) is 41.1 Å². The van der Waals surface area contributed by atoms with Gasteiger partial charge in [-0.25, -0.2) is 4.98 Å². The Kier molecular flexibility index (Phi) is 5.44. The van der Waals surface area contributed by atoms with Gasteiger partial charge in [-0.05, 0) is 12.5 Å². The van der Waals surface area contributed by atoms with Crippen LogP contribution in [0.1, 0.15) is 13.3 Å². The van der Waals surface area contributed by atoms with E-state index < -0.39 is 0 Å². The first-order valence-electron chi connectivity index (χ1n) is 8.54. The normalized spacial score (nSPS) is 10.7. The van der Waals surface area contributed by atoms with Gasteiger partial charge in [-0.15, -0.1) is 0 Å². The highest BCUT2D eigenvalue weighted by molar-refractivity contribution is 5.76. The fourth-order valence-corrected chi connectivity index (χ4v) is 2.85. The number of nitrogens with zero attached hydrogens (tertiary/aromatic N) is 3. The summed E-state index contributed by atoms with van der Waals surface area (Å²) in [6.45, 7) is 2.61. The number of ether oxygens (including phenoxy) is 3. The molecule has 0 amide bonds. The molecule has 0 spiro atoms. The van der Waals surface area contributed by atoms with E-state index in [1.165, 1.54) is 6.07 Å². The van der Waals surface area contributed by atoms with Crippen LogP contribution in [0.2, 0.25) is 0 Å². The van der Waals surface area contributed by atoms with Crippen molar-refractivity contribution in [2.24, 2.45) is 0 Å². The van der Waals surface area contributed by atoms with Gasteiger partial charge in [0, 0.05) is 42.0 Å². The Hall–Kier alpha value is -3.29. The minimum atomic E-state index is -0.0817. The molecular formula is C19H22N4O4. The average Bonchev–Trinajstić information content (AvgIpc) is 2.69. The Labute approximate surface area is 156 Å². The topological polar surface area (TPSA) is 87.5 Å². The van der Waals surface area contributed by atoms with Crippen LogP contribution in [0.5, 0.6) is 17.2 Å². The van der Waals surface area contributed by atoms with Crippen LogP contribution in [0, 0.1) is 0 Å². The van der Waals surface area contributed by atoms with Gasteiger partial charge in [0.2, 0.25) is 11.7 Å². The minimum Gasteiger partial charge on any atom is -0.493 e. The van der Waals surface area contributed by atoms with Crippen LogP contribution in [0.4, 0.5) is 11.6 Å². The Morgan fingerprint density at radius 2 is 1.78 bits per heavy atom. The quantitative estimate of drug-likeness (QED) is 0.684. The summed E-state index contributed by atoms with van der Waals surface area (Å²) in [5.74, 6) is 1.90. The van der Waals surface area contributed by atoms with Crippen LogP contribution in [-0.2, 0) is 6.54 Å². The fraction of sp³-hybridized carbons (Fsp3) is 0.316. The number of hydrogen-bond donors (Lipinski definition) is 1. The first-order valence-corrected chi connectivity index (χ1v) is 8.54. The van der Waals surface area contributed by atoms with Crippen molar-refractivity contribution in [1.82, 2.24) is 14.5 Å². The van der Waals surface area contributed by atoms with Crippen molar-refractivity contribution in [2.45, 2.75) is 19.9 Å². The number of rotatable bonds is 7. The predicted molar refractivity (Wildman–Crippen MR) is 103 cm³/mol. The van der Waals surface area contributed by atoms with Crippen LogP contribution in [0.25, 0.3) is 11.0 Å². The Morgan fingerprint density at radius 1 is 1.07 bits per heavy atom. The van der Waals surface area contributed by atoms with Crippen LogP contribution in [-0.4, -0.2) is 35.9 Å². The molecule has 27 heavy (non-hydrogen) atoms. The molecule has 142 valence electrons. The SMILES string of the molecule is CCCn1c(=O)ccc2cnc(Nc3cc(OC)c(OC)c(OC)c3)nc21. The largest absolute Gasteiger partial charge is 0.493 e. The van der Waals surface area contributed by atoms with Crippen LogP contribution in [0.15, 0.2) is 35.3 Å². The van der Waals surface area contributed by atoms with Crippen molar-refractivity contribution in [3.8, 4) is 17.2 Å². The van der Waals surface area contributed by atoms with E-state index in [9.17, 15) is 4.79 Å². The van der Waals surface area contributed by atoms with Crippen molar-refractivity contribution in [1.29, 1.82) is 0 Å². The molecule has 0 unspecified atom stereocenters. The zero-order chi connectivity index (χ0) is 19.4. The molecule has 0 bridgehead atoms. The minimum absolute atomic E-state index is 0.0817. The number of methoxy groups -OCH3 is 3. The van der Waals surface area contributed by atoms with Gasteiger partial charge in [0.05, 0.1) is 21.3 Å². The van der Waals surface area contributed by atoms with Crippen molar-refractivity contribution in [3.05, 3.63) is 40.8 Å². The maximum absolute atomic E-state index is 12.2. The van der Waals surface area contributed by atoms with Crippen LogP contribution < -0.4 is 25.1 Å². The van der Waals surface area contributed by atoms with Gasteiger partial charge in [0.25, 0.3) is 5.56 Å². The summed E-state index contributed by atoms with van der Waals surface area (Å²) in [5.41, 5.74) is 1.18. The van der Waals surface area contributed by atoms with E-state index in [-0.39, 0.29) is 5.56 Å². The lowest BCUT2D eigenvalue weighted by Crippen LogP contribution is -2.20. The number of anilines is 2. The van der Waals surface area contributed by atoms with Gasteiger partial charge < -0.3 is 19.5 Å². The summed E-state index contributed by atoms with van der Waals surface area (Å²) < 4.78 is 17.7. The number of aromatic nitrogens is 3. The lowest BCUT2D eigenvalue weighted by Gasteiger charge is -2.15. The van der Waals surface area contributed by atoms with E-state index in [0.717, 1.165) is 11.8 Å². The molecule has 0 fully saturated rings. The first kappa shape index (κ1) is 18.5. The van der Waals surface area contributed by atoms with E-state index in [1.54, 1.807) is 50.3 Å². The number of nitrogens with one attached hydrogen (secondary N) is 1. The highest BCUT2D eigenvalue weighted by atomic mass is 16.5. The highest BCUT2D eigenvalue weighted by Gasteiger charge is 2.14. The van der Waals surface area contributed by atoms with Gasteiger partial charge in [0.15, 0.2) is 11.5 Å². The number of fused-ring (bicyclic) bond motifs is 1. The third-order valence-corrected chi connectivity index (χ3v) is 4.09.